The van der Waals surface area contributed by atoms with E-state index in [4.69, 9.17) is 4.74 Å². The molecule has 3 heteroatoms. The Kier molecular flexibility index (Phi) is 5.96. The highest BCUT2D eigenvalue weighted by Crippen LogP contribution is 2.37. The van der Waals surface area contributed by atoms with Gasteiger partial charge in [0.1, 0.15) is 0 Å². The van der Waals surface area contributed by atoms with Crippen LogP contribution in [0, 0.1) is 16.7 Å². The van der Waals surface area contributed by atoms with Gasteiger partial charge in [0.2, 0.25) is 0 Å². The van der Waals surface area contributed by atoms with Crippen molar-refractivity contribution in [3.63, 3.8) is 0 Å². The van der Waals surface area contributed by atoms with Gasteiger partial charge >= 0.3 is 0 Å². The molecule has 2 aliphatic rings. The van der Waals surface area contributed by atoms with Crippen molar-refractivity contribution in [2.24, 2.45) is 16.7 Å². The predicted molar refractivity (Wildman–Crippen MR) is 89.5 cm³/mol. The van der Waals surface area contributed by atoms with Gasteiger partial charge in [0, 0.05) is 25.1 Å². The molecule has 0 radical (unpaired) electrons. The van der Waals surface area contributed by atoms with Crippen molar-refractivity contribution in [3.8, 4) is 0 Å². The molecule has 2 fully saturated rings. The summed E-state index contributed by atoms with van der Waals surface area (Å²) in [7, 11) is 0. The lowest BCUT2D eigenvalue weighted by Gasteiger charge is -2.40. The average molecular weight is 346 g/mol. The summed E-state index contributed by atoms with van der Waals surface area (Å²) in [5.74, 6) is 0.891. The predicted octanol–water partition coefficient (Wildman–Crippen LogP) is 4.33. The topological polar surface area (TPSA) is 12.5 Å². The molecule has 2 aliphatic heterocycles. The molecule has 0 aromatic rings. The molecule has 0 N–H and O–H groups in total. The summed E-state index contributed by atoms with van der Waals surface area (Å²) >= 11 is 3.78. The van der Waals surface area contributed by atoms with Gasteiger partial charge < -0.3 is 9.64 Å². The van der Waals surface area contributed by atoms with Crippen molar-refractivity contribution in [3.05, 3.63) is 0 Å². The standard InChI is InChI=1S/C17H32BrNO/c1-16(2,3)15-5-4-9-19(10-6-15)14-17(13-18)7-11-20-12-8-17/h15H,4-14H2,1-3H3. The molecular weight excluding hydrogens is 314 g/mol. The number of alkyl halides is 1. The molecule has 0 aliphatic carbocycles. The SMILES string of the molecule is CC(C)(C)C1CCCN(CC2(CBr)CCOCC2)CC1. The van der Waals surface area contributed by atoms with Crippen LogP contribution in [0.1, 0.15) is 52.9 Å². The second kappa shape index (κ2) is 7.11. The van der Waals surface area contributed by atoms with Crippen LogP contribution >= 0.6 is 15.9 Å². The molecule has 0 bridgehead atoms. The minimum absolute atomic E-state index is 0.458. The summed E-state index contributed by atoms with van der Waals surface area (Å²) in [5, 5.41) is 1.13. The summed E-state index contributed by atoms with van der Waals surface area (Å²) in [6.45, 7) is 13.0. The Morgan fingerprint density at radius 1 is 1.15 bits per heavy atom. The lowest BCUT2D eigenvalue weighted by Crippen LogP contribution is -2.43. The monoisotopic (exact) mass is 345 g/mol. The Morgan fingerprint density at radius 3 is 2.45 bits per heavy atom. The van der Waals surface area contributed by atoms with E-state index < -0.39 is 0 Å². The smallest absolute Gasteiger partial charge is 0.0472 e. The van der Waals surface area contributed by atoms with Crippen LogP contribution < -0.4 is 0 Å². The van der Waals surface area contributed by atoms with Gasteiger partial charge in [-0.15, -0.1) is 0 Å². The van der Waals surface area contributed by atoms with Gasteiger partial charge in [-0.05, 0) is 61.9 Å². The van der Waals surface area contributed by atoms with Crippen molar-refractivity contribution in [2.45, 2.75) is 52.9 Å². The fraction of sp³-hybridized carbons (Fsp3) is 1.00. The fourth-order valence-corrected chi connectivity index (χ4v) is 4.53. The Bertz CT molecular complexity index is 294. The number of ether oxygens (including phenoxy) is 1. The second-order valence-corrected chi connectivity index (χ2v) is 8.58. The van der Waals surface area contributed by atoms with Crippen LogP contribution in [0.3, 0.4) is 0 Å². The Balaban J connectivity index is 1.90. The zero-order chi connectivity index (χ0) is 14.6. The quantitative estimate of drug-likeness (QED) is 0.706. The van der Waals surface area contributed by atoms with Crippen LogP contribution in [0.15, 0.2) is 0 Å². The molecule has 0 amide bonds. The van der Waals surface area contributed by atoms with Crippen molar-refractivity contribution in [2.75, 3.05) is 38.2 Å². The van der Waals surface area contributed by atoms with Gasteiger partial charge in [-0.2, -0.15) is 0 Å². The molecule has 1 atom stereocenters. The Hall–Kier alpha value is 0.400. The maximum absolute atomic E-state index is 5.56. The number of hydrogen-bond donors (Lipinski definition) is 0. The van der Waals surface area contributed by atoms with E-state index in [-0.39, 0.29) is 0 Å². The van der Waals surface area contributed by atoms with Gasteiger partial charge in [-0.1, -0.05) is 36.7 Å². The van der Waals surface area contributed by atoms with E-state index in [1.807, 2.05) is 0 Å². The Labute approximate surface area is 133 Å². The van der Waals surface area contributed by atoms with Crippen LogP contribution in [-0.4, -0.2) is 43.1 Å². The van der Waals surface area contributed by atoms with E-state index in [9.17, 15) is 0 Å². The zero-order valence-corrected chi connectivity index (χ0v) is 15.2. The maximum Gasteiger partial charge on any atom is 0.0472 e. The fourth-order valence-electron chi connectivity index (χ4n) is 3.79. The molecular formula is C17H32BrNO. The van der Waals surface area contributed by atoms with E-state index in [0.717, 1.165) is 24.5 Å². The highest BCUT2D eigenvalue weighted by atomic mass is 79.9. The van der Waals surface area contributed by atoms with Crippen molar-refractivity contribution in [1.29, 1.82) is 0 Å². The number of hydrogen-bond acceptors (Lipinski definition) is 2. The second-order valence-electron chi connectivity index (χ2n) is 8.02. The summed E-state index contributed by atoms with van der Waals surface area (Å²) in [5.41, 5.74) is 0.932. The van der Waals surface area contributed by atoms with Gasteiger partial charge in [0.05, 0.1) is 0 Å². The minimum atomic E-state index is 0.458. The third kappa shape index (κ3) is 4.45. The number of likely N-dealkylation sites (tertiary alicyclic amines) is 1. The summed E-state index contributed by atoms with van der Waals surface area (Å²) < 4.78 is 5.56. The molecule has 1 unspecified atom stereocenters. The Morgan fingerprint density at radius 2 is 1.85 bits per heavy atom. The molecule has 0 aromatic heterocycles. The van der Waals surface area contributed by atoms with E-state index in [2.05, 4.69) is 41.6 Å². The average Bonchev–Trinajstić information content (AvgIpc) is 2.65. The van der Waals surface area contributed by atoms with Crippen molar-refractivity contribution < 1.29 is 4.74 Å². The minimum Gasteiger partial charge on any atom is -0.381 e. The van der Waals surface area contributed by atoms with Crippen LogP contribution in [0.2, 0.25) is 0 Å². The lowest BCUT2D eigenvalue weighted by atomic mass is 9.76. The third-order valence-electron chi connectivity index (χ3n) is 5.44. The summed E-state index contributed by atoms with van der Waals surface area (Å²) in [4.78, 5) is 2.73. The molecule has 2 rings (SSSR count). The van der Waals surface area contributed by atoms with Gasteiger partial charge in [0.25, 0.3) is 0 Å². The first-order valence-electron chi connectivity index (χ1n) is 8.31. The van der Waals surface area contributed by atoms with E-state index in [1.165, 1.54) is 51.7 Å². The highest BCUT2D eigenvalue weighted by Gasteiger charge is 2.35. The van der Waals surface area contributed by atoms with Crippen LogP contribution in [-0.2, 0) is 4.74 Å². The summed E-state index contributed by atoms with van der Waals surface area (Å²) in [6.07, 6.45) is 6.59. The normalized spacial score (nSPS) is 29.1. The largest absolute Gasteiger partial charge is 0.381 e. The molecule has 0 spiro atoms. The lowest BCUT2D eigenvalue weighted by molar-refractivity contribution is 0.00830. The van der Waals surface area contributed by atoms with E-state index >= 15 is 0 Å². The summed E-state index contributed by atoms with van der Waals surface area (Å²) in [6, 6.07) is 0. The molecule has 20 heavy (non-hydrogen) atoms. The first-order chi connectivity index (χ1) is 9.45. The highest BCUT2D eigenvalue weighted by molar-refractivity contribution is 9.09. The van der Waals surface area contributed by atoms with Gasteiger partial charge in [-0.25, -0.2) is 0 Å². The van der Waals surface area contributed by atoms with Gasteiger partial charge in [0.15, 0.2) is 0 Å². The first kappa shape index (κ1) is 16.8. The third-order valence-corrected chi connectivity index (χ3v) is 6.63. The molecule has 118 valence electrons. The zero-order valence-electron chi connectivity index (χ0n) is 13.6. The molecule has 0 aromatic carbocycles. The van der Waals surface area contributed by atoms with Gasteiger partial charge in [-0.3, -0.25) is 0 Å². The number of halogens is 1. The molecule has 2 saturated heterocycles. The van der Waals surface area contributed by atoms with Crippen molar-refractivity contribution in [1.82, 2.24) is 4.90 Å². The molecule has 0 saturated carbocycles. The van der Waals surface area contributed by atoms with Crippen LogP contribution in [0.5, 0.6) is 0 Å². The van der Waals surface area contributed by atoms with Crippen molar-refractivity contribution >= 4 is 15.9 Å². The maximum atomic E-state index is 5.56. The first-order valence-corrected chi connectivity index (χ1v) is 9.43. The van der Waals surface area contributed by atoms with E-state index in [1.54, 1.807) is 0 Å². The number of nitrogens with zero attached hydrogens (tertiary/aromatic N) is 1. The van der Waals surface area contributed by atoms with E-state index in [0.29, 0.717) is 10.8 Å². The molecule has 2 heterocycles. The molecule has 2 nitrogen and oxygen atoms in total. The van der Waals surface area contributed by atoms with Crippen LogP contribution in [0.25, 0.3) is 0 Å². The number of rotatable bonds is 3. The van der Waals surface area contributed by atoms with Crippen LogP contribution in [0.4, 0.5) is 0 Å².